The lowest BCUT2D eigenvalue weighted by atomic mass is 10.2. The molecule has 0 radical (unpaired) electrons. The Labute approximate surface area is 118 Å². The normalized spacial score (nSPS) is 15.7. The molecule has 0 saturated heterocycles. The lowest BCUT2D eigenvalue weighted by Gasteiger charge is -2.11. The van der Waals surface area contributed by atoms with Crippen LogP contribution in [-0.2, 0) is 6.18 Å². The number of alkyl halides is 3. The molecule has 1 aliphatic carbocycles. The number of ether oxygens (including phenoxy) is 1. The fourth-order valence-corrected chi connectivity index (χ4v) is 1.55. The summed E-state index contributed by atoms with van der Waals surface area (Å²) >= 11 is 0. The molecule has 0 unspecified atom stereocenters. The van der Waals surface area contributed by atoms with Gasteiger partial charge in [0.2, 0.25) is 5.96 Å². The second-order valence-corrected chi connectivity index (χ2v) is 4.54. The van der Waals surface area contributed by atoms with Crippen LogP contribution in [0.25, 0.3) is 0 Å². The Morgan fingerprint density at radius 2 is 1.81 bits per heavy atom. The first-order valence-corrected chi connectivity index (χ1v) is 6.07. The average molecular weight is 301 g/mol. The number of nitrogens with two attached hydrogens (primary N) is 3. The zero-order valence-corrected chi connectivity index (χ0v) is 10.9. The summed E-state index contributed by atoms with van der Waals surface area (Å²) in [4.78, 5) is 7.17. The van der Waals surface area contributed by atoms with Crippen LogP contribution < -0.4 is 21.9 Å². The summed E-state index contributed by atoms with van der Waals surface area (Å²) in [5.74, 6) is -0.590. The van der Waals surface area contributed by atoms with Gasteiger partial charge in [0.25, 0.3) is 0 Å². The minimum atomic E-state index is -4.52. The topological polar surface area (TPSA) is 112 Å². The van der Waals surface area contributed by atoms with E-state index < -0.39 is 11.7 Å². The van der Waals surface area contributed by atoms with E-state index in [1.165, 1.54) is 6.07 Å². The summed E-state index contributed by atoms with van der Waals surface area (Å²) < 4.78 is 43.9. The number of nitrogens with zero attached hydrogens (tertiary/aromatic N) is 2. The summed E-state index contributed by atoms with van der Waals surface area (Å²) in [6.45, 7) is 0. The number of rotatable bonds is 3. The standard InChI is InChI=1S/C12H14F3N5O/c13-12(14,15)6-3-7(19-11(18)20-10(16)17)5-9(4-6)21-8-1-2-8/h3-5,8H,1-2H2,(H6,16,17,18,19,20). The Morgan fingerprint density at radius 3 is 2.33 bits per heavy atom. The highest BCUT2D eigenvalue weighted by atomic mass is 19.4. The van der Waals surface area contributed by atoms with E-state index in [-0.39, 0.29) is 29.5 Å². The third kappa shape index (κ3) is 4.55. The lowest BCUT2D eigenvalue weighted by molar-refractivity contribution is -0.137. The van der Waals surface area contributed by atoms with Crippen molar-refractivity contribution in [1.29, 1.82) is 0 Å². The van der Waals surface area contributed by atoms with Gasteiger partial charge in [0, 0.05) is 6.07 Å². The molecule has 6 nitrogen and oxygen atoms in total. The maximum absolute atomic E-state index is 12.8. The van der Waals surface area contributed by atoms with Crippen molar-refractivity contribution in [2.75, 3.05) is 0 Å². The maximum Gasteiger partial charge on any atom is 0.416 e. The number of aliphatic imine (C=N–C) groups is 2. The minimum absolute atomic E-state index is 0.0389. The molecule has 2 rings (SSSR count). The predicted octanol–water partition coefficient (Wildman–Crippen LogP) is 1.47. The molecule has 1 fully saturated rings. The Bertz CT molecular complexity index is 589. The van der Waals surface area contributed by atoms with Gasteiger partial charge in [-0.2, -0.15) is 18.2 Å². The molecule has 0 atom stereocenters. The van der Waals surface area contributed by atoms with Gasteiger partial charge in [0.05, 0.1) is 17.4 Å². The second kappa shape index (κ2) is 5.51. The average Bonchev–Trinajstić information content (AvgIpc) is 3.09. The van der Waals surface area contributed by atoms with E-state index in [1.54, 1.807) is 0 Å². The summed E-state index contributed by atoms with van der Waals surface area (Å²) in [5, 5.41) is 0. The van der Waals surface area contributed by atoms with E-state index in [0.717, 1.165) is 25.0 Å². The quantitative estimate of drug-likeness (QED) is 0.579. The molecule has 1 aromatic carbocycles. The smallest absolute Gasteiger partial charge is 0.416 e. The number of halogens is 3. The molecular weight excluding hydrogens is 287 g/mol. The van der Waals surface area contributed by atoms with Gasteiger partial charge in [-0.3, -0.25) is 0 Å². The molecule has 114 valence electrons. The zero-order valence-electron chi connectivity index (χ0n) is 10.9. The van der Waals surface area contributed by atoms with Crippen molar-refractivity contribution in [1.82, 2.24) is 0 Å². The first-order valence-electron chi connectivity index (χ1n) is 6.07. The largest absolute Gasteiger partial charge is 0.490 e. The number of benzene rings is 1. The third-order valence-electron chi connectivity index (χ3n) is 2.53. The zero-order chi connectivity index (χ0) is 15.6. The van der Waals surface area contributed by atoms with Crippen LogP contribution in [0.4, 0.5) is 18.9 Å². The molecule has 1 aliphatic rings. The van der Waals surface area contributed by atoms with Gasteiger partial charge >= 0.3 is 6.18 Å². The van der Waals surface area contributed by atoms with Crippen LogP contribution in [0, 0.1) is 0 Å². The van der Waals surface area contributed by atoms with E-state index in [9.17, 15) is 13.2 Å². The molecule has 0 spiro atoms. The number of hydrogen-bond donors (Lipinski definition) is 3. The molecule has 1 aromatic rings. The Morgan fingerprint density at radius 1 is 1.14 bits per heavy atom. The molecule has 0 heterocycles. The maximum atomic E-state index is 12.8. The molecule has 6 N–H and O–H groups in total. The first kappa shape index (κ1) is 14.9. The van der Waals surface area contributed by atoms with Gasteiger partial charge < -0.3 is 21.9 Å². The van der Waals surface area contributed by atoms with Crippen molar-refractivity contribution in [3.8, 4) is 5.75 Å². The number of hydrogen-bond acceptors (Lipinski definition) is 2. The molecule has 9 heteroatoms. The summed E-state index contributed by atoms with van der Waals surface area (Å²) in [6.07, 6.45) is -2.91. The van der Waals surface area contributed by atoms with Crippen molar-refractivity contribution in [3.05, 3.63) is 23.8 Å². The number of guanidine groups is 2. The van der Waals surface area contributed by atoms with E-state index in [4.69, 9.17) is 21.9 Å². The van der Waals surface area contributed by atoms with E-state index in [1.807, 2.05) is 0 Å². The van der Waals surface area contributed by atoms with Crippen LogP contribution in [0.5, 0.6) is 5.75 Å². The van der Waals surface area contributed by atoms with Gasteiger partial charge in [-0.1, -0.05) is 0 Å². The molecular formula is C12H14F3N5O. The summed E-state index contributed by atoms with van der Waals surface area (Å²) in [7, 11) is 0. The van der Waals surface area contributed by atoms with Crippen molar-refractivity contribution in [2.24, 2.45) is 27.2 Å². The van der Waals surface area contributed by atoms with Gasteiger partial charge in [0.1, 0.15) is 5.75 Å². The van der Waals surface area contributed by atoms with Gasteiger partial charge in [-0.05, 0) is 25.0 Å². The van der Waals surface area contributed by atoms with Gasteiger partial charge in [0.15, 0.2) is 5.96 Å². The van der Waals surface area contributed by atoms with Crippen LogP contribution in [0.2, 0.25) is 0 Å². The fourth-order valence-electron chi connectivity index (χ4n) is 1.55. The van der Waals surface area contributed by atoms with Crippen molar-refractivity contribution >= 4 is 17.6 Å². The summed E-state index contributed by atoms with van der Waals surface area (Å²) in [6, 6.07) is 3.12. The molecule has 0 bridgehead atoms. The van der Waals surface area contributed by atoms with Crippen LogP contribution in [0.3, 0.4) is 0 Å². The molecule has 0 aliphatic heterocycles. The first-order chi connectivity index (χ1) is 9.74. The van der Waals surface area contributed by atoms with Crippen LogP contribution in [-0.4, -0.2) is 18.0 Å². The minimum Gasteiger partial charge on any atom is -0.490 e. The molecule has 21 heavy (non-hydrogen) atoms. The second-order valence-electron chi connectivity index (χ2n) is 4.54. The Kier molecular flexibility index (Phi) is 3.92. The molecule has 0 aromatic heterocycles. The summed E-state index contributed by atoms with van der Waals surface area (Å²) in [5.41, 5.74) is 14.7. The van der Waals surface area contributed by atoms with Crippen LogP contribution >= 0.6 is 0 Å². The predicted molar refractivity (Wildman–Crippen MR) is 72.2 cm³/mol. The van der Waals surface area contributed by atoms with Crippen molar-refractivity contribution in [3.63, 3.8) is 0 Å². The highest BCUT2D eigenvalue weighted by Gasteiger charge is 2.32. The van der Waals surface area contributed by atoms with Crippen LogP contribution in [0.15, 0.2) is 28.2 Å². The fraction of sp³-hybridized carbons (Fsp3) is 0.333. The lowest BCUT2D eigenvalue weighted by Crippen LogP contribution is -2.26. The highest BCUT2D eigenvalue weighted by molar-refractivity contribution is 5.93. The van der Waals surface area contributed by atoms with Crippen molar-refractivity contribution < 1.29 is 17.9 Å². The Balaban J connectivity index is 2.36. The highest BCUT2D eigenvalue weighted by Crippen LogP contribution is 2.37. The van der Waals surface area contributed by atoms with Gasteiger partial charge in [-0.25, -0.2) is 4.99 Å². The van der Waals surface area contributed by atoms with Crippen molar-refractivity contribution in [2.45, 2.75) is 25.1 Å². The van der Waals surface area contributed by atoms with E-state index in [0.29, 0.717) is 0 Å². The van der Waals surface area contributed by atoms with E-state index >= 15 is 0 Å². The SMILES string of the molecule is NC(N)=NC(N)=Nc1cc(OC2CC2)cc(C(F)(F)F)c1. The third-order valence-corrected chi connectivity index (χ3v) is 2.53. The molecule has 1 saturated carbocycles. The van der Waals surface area contributed by atoms with Crippen LogP contribution in [0.1, 0.15) is 18.4 Å². The Hall–Kier alpha value is -2.45. The van der Waals surface area contributed by atoms with E-state index in [2.05, 4.69) is 9.98 Å². The van der Waals surface area contributed by atoms with Gasteiger partial charge in [-0.15, -0.1) is 0 Å². The molecule has 0 amide bonds. The monoisotopic (exact) mass is 301 g/mol.